The fourth-order valence-corrected chi connectivity index (χ4v) is 3.45. The van der Waals surface area contributed by atoms with Gasteiger partial charge in [0, 0.05) is 24.8 Å². The molecule has 4 rings (SSSR count). The zero-order chi connectivity index (χ0) is 26.8. The largest absolute Gasteiger partial charge is 0.416 e. The van der Waals surface area contributed by atoms with Gasteiger partial charge in [-0.05, 0) is 30.3 Å². The van der Waals surface area contributed by atoms with E-state index >= 15 is 0 Å². The number of benzene rings is 1. The van der Waals surface area contributed by atoms with Crippen molar-refractivity contribution in [1.82, 2.24) is 25.1 Å². The lowest BCUT2D eigenvalue weighted by Crippen LogP contribution is -2.37. The fraction of sp³-hybridized carbons (Fsp3) is 0.318. The first kappa shape index (κ1) is 25.9. The predicted octanol–water partition coefficient (Wildman–Crippen LogP) is 3.34. The molecule has 194 valence electrons. The van der Waals surface area contributed by atoms with E-state index in [2.05, 4.69) is 20.4 Å². The number of pyridine rings is 1. The standard InChI is InChI=1S/C22H17F6N7O2/c23-21(24,25)15-7-14(8-16(9-15)22(26,27)28)19(36)31-12-18-32-20(34-3-5-37-6-4-34)33-35(18)17-2-1-13(10-29)11-30-17/h1-2,7-9,11H,3-6,12H2,(H,31,36). The minimum atomic E-state index is -5.09. The third-order valence-electron chi connectivity index (χ3n) is 5.31. The molecule has 0 atom stereocenters. The van der Waals surface area contributed by atoms with Crippen molar-refractivity contribution in [3.05, 3.63) is 64.6 Å². The number of halogens is 6. The Morgan fingerprint density at radius 2 is 1.70 bits per heavy atom. The molecule has 15 heteroatoms. The lowest BCUT2D eigenvalue weighted by Gasteiger charge is -2.25. The first-order valence-electron chi connectivity index (χ1n) is 10.7. The van der Waals surface area contributed by atoms with Crippen LogP contribution in [0, 0.1) is 11.3 Å². The van der Waals surface area contributed by atoms with Crippen molar-refractivity contribution in [2.45, 2.75) is 18.9 Å². The van der Waals surface area contributed by atoms with Gasteiger partial charge in [0.25, 0.3) is 5.91 Å². The summed E-state index contributed by atoms with van der Waals surface area (Å²) in [5.74, 6) is -0.576. The van der Waals surface area contributed by atoms with E-state index in [4.69, 9.17) is 10.00 Å². The van der Waals surface area contributed by atoms with Crippen LogP contribution < -0.4 is 10.2 Å². The average molecular weight is 525 g/mol. The van der Waals surface area contributed by atoms with Gasteiger partial charge in [-0.25, -0.2) is 4.98 Å². The van der Waals surface area contributed by atoms with E-state index in [1.165, 1.54) is 23.0 Å². The van der Waals surface area contributed by atoms with Crippen LogP contribution in [-0.2, 0) is 23.6 Å². The molecule has 1 saturated heterocycles. The zero-order valence-electron chi connectivity index (χ0n) is 18.8. The molecule has 0 radical (unpaired) electrons. The highest BCUT2D eigenvalue weighted by Crippen LogP contribution is 2.36. The molecular formula is C22H17F6N7O2. The molecule has 0 unspecified atom stereocenters. The molecule has 1 fully saturated rings. The van der Waals surface area contributed by atoms with Crippen LogP contribution in [0.3, 0.4) is 0 Å². The minimum Gasteiger partial charge on any atom is -0.378 e. The molecule has 1 aliphatic rings. The molecule has 3 heterocycles. The van der Waals surface area contributed by atoms with Crippen LogP contribution in [0.2, 0.25) is 0 Å². The van der Waals surface area contributed by atoms with Crippen LogP contribution in [0.5, 0.6) is 0 Å². The predicted molar refractivity (Wildman–Crippen MR) is 115 cm³/mol. The van der Waals surface area contributed by atoms with Crippen molar-refractivity contribution in [1.29, 1.82) is 5.26 Å². The Kier molecular flexibility index (Phi) is 7.03. The van der Waals surface area contributed by atoms with Crippen LogP contribution in [0.25, 0.3) is 5.82 Å². The van der Waals surface area contributed by atoms with Gasteiger partial charge >= 0.3 is 12.4 Å². The monoisotopic (exact) mass is 525 g/mol. The Labute approximate surface area is 205 Å². The summed E-state index contributed by atoms with van der Waals surface area (Å²) >= 11 is 0. The molecule has 1 aliphatic heterocycles. The number of nitrogens with one attached hydrogen (secondary N) is 1. The van der Waals surface area contributed by atoms with Gasteiger partial charge < -0.3 is 15.0 Å². The maximum absolute atomic E-state index is 13.2. The number of amides is 1. The first-order chi connectivity index (χ1) is 17.5. The molecule has 1 N–H and O–H groups in total. The van der Waals surface area contributed by atoms with Gasteiger partial charge in [-0.1, -0.05) is 0 Å². The Bertz CT molecular complexity index is 1290. The number of rotatable bonds is 5. The second kappa shape index (κ2) is 10.1. The number of nitrogens with zero attached hydrogens (tertiary/aromatic N) is 6. The SMILES string of the molecule is N#Cc1ccc(-n2nc(N3CCOCC3)nc2CNC(=O)c2cc(C(F)(F)F)cc(C(F)(F)F)c2)nc1. The van der Waals surface area contributed by atoms with Crippen molar-refractivity contribution >= 4 is 11.9 Å². The van der Waals surface area contributed by atoms with E-state index in [-0.39, 0.29) is 29.2 Å². The van der Waals surface area contributed by atoms with Gasteiger partial charge in [0.2, 0.25) is 5.95 Å². The van der Waals surface area contributed by atoms with Crippen LogP contribution >= 0.6 is 0 Å². The summed E-state index contributed by atoms with van der Waals surface area (Å²) in [6, 6.07) is 5.50. The minimum absolute atomic E-state index is 0.0570. The molecule has 0 aliphatic carbocycles. The number of morpholine rings is 1. The van der Waals surface area contributed by atoms with Crippen molar-refractivity contribution in [2.24, 2.45) is 0 Å². The lowest BCUT2D eigenvalue weighted by molar-refractivity contribution is -0.143. The van der Waals surface area contributed by atoms with Crippen LogP contribution in [-0.4, -0.2) is 52.0 Å². The van der Waals surface area contributed by atoms with Crippen molar-refractivity contribution in [2.75, 3.05) is 31.2 Å². The number of anilines is 1. The van der Waals surface area contributed by atoms with E-state index in [1.54, 1.807) is 4.90 Å². The molecular weight excluding hydrogens is 508 g/mol. The molecule has 37 heavy (non-hydrogen) atoms. The summed E-state index contributed by atoms with van der Waals surface area (Å²) in [5, 5.41) is 15.7. The summed E-state index contributed by atoms with van der Waals surface area (Å²) in [4.78, 5) is 22.9. The Morgan fingerprint density at radius 1 is 1.05 bits per heavy atom. The molecule has 0 bridgehead atoms. The molecule has 3 aromatic rings. The summed E-state index contributed by atoms with van der Waals surface area (Å²) in [6.07, 6.45) is -8.90. The molecule has 9 nitrogen and oxygen atoms in total. The number of aromatic nitrogens is 4. The molecule has 0 saturated carbocycles. The van der Waals surface area contributed by atoms with Crippen LogP contribution in [0.1, 0.15) is 32.9 Å². The molecule has 0 spiro atoms. The number of carbonyl (C=O) groups excluding carboxylic acids is 1. The Morgan fingerprint density at radius 3 is 2.24 bits per heavy atom. The van der Waals surface area contributed by atoms with Crippen molar-refractivity contribution < 1.29 is 35.9 Å². The van der Waals surface area contributed by atoms with E-state index in [0.29, 0.717) is 38.4 Å². The third-order valence-corrected chi connectivity index (χ3v) is 5.31. The van der Waals surface area contributed by atoms with Crippen LogP contribution in [0.4, 0.5) is 32.3 Å². The lowest BCUT2D eigenvalue weighted by atomic mass is 10.0. The highest BCUT2D eigenvalue weighted by atomic mass is 19.4. The summed E-state index contributed by atoms with van der Waals surface area (Å²) < 4.78 is 85.5. The zero-order valence-corrected chi connectivity index (χ0v) is 18.8. The highest BCUT2D eigenvalue weighted by molar-refractivity contribution is 5.94. The van der Waals surface area contributed by atoms with Gasteiger partial charge in [0.1, 0.15) is 6.07 Å². The van der Waals surface area contributed by atoms with E-state index < -0.39 is 41.5 Å². The number of alkyl halides is 6. The highest BCUT2D eigenvalue weighted by Gasteiger charge is 2.37. The average Bonchev–Trinajstić information content (AvgIpc) is 3.31. The van der Waals surface area contributed by atoms with Gasteiger partial charge in [-0.3, -0.25) is 4.79 Å². The summed E-state index contributed by atoms with van der Waals surface area (Å²) in [7, 11) is 0. The van der Waals surface area contributed by atoms with Crippen molar-refractivity contribution in [3.63, 3.8) is 0 Å². The normalized spacial score (nSPS) is 14.4. The van der Waals surface area contributed by atoms with Crippen molar-refractivity contribution in [3.8, 4) is 11.9 Å². The first-order valence-corrected chi connectivity index (χ1v) is 10.7. The maximum Gasteiger partial charge on any atom is 0.416 e. The van der Waals surface area contributed by atoms with E-state index in [1.807, 2.05) is 6.07 Å². The molecule has 1 amide bonds. The van der Waals surface area contributed by atoms with Gasteiger partial charge in [-0.2, -0.15) is 41.3 Å². The smallest absolute Gasteiger partial charge is 0.378 e. The van der Waals surface area contributed by atoms with E-state index in [0.717, 1.165) is 0 Å². The topological polar surface area (TPSA) is 109 Å². The Hall–Kier alpha value is -4.19. The maximum atomic E-state index is 13.2. The number of nitriles is 1. The fourth-order valence-electron chi connectivity index (χ4n) is 3.45. The summed E-state index contributed by atoms with van der Waals surface area (Å²) in [5.41, 5.74) is -3.76. The second-order valence-corrected chi connectivity index (χ2v) is 7.83. The number of ether oxygens (including phenoxy) is 1. The number of carbonyl (C=O) groups is 1. The van der Waals surface area contributed by atoms with Gasteiger partial charge in [-0.15, -0.1) is 5.10 Å². The van der Waals surface area contributed by atoms with E-state index in [9.17, 15) is 31.1 Å². The van der Waals surface area contributed by atoms with Crippen LogP contribution in [0.15, 0.2) is 36.5 Å². The summed E-state index contributed by atoms with van der Waals surface area (Å²) in [6.45, 7) is 1.40. The number of hydrogen-bond donors (Lipinski definition) is 1. The quantitative estimate of drug-likeness (QED) is 0.509. The molecule has 2 aromatic heterocycles. The third kappa shape index (κ3) is 5.97. The second-order valence-electron chi connectivity index (χ2n) is 7.83. The van der Waals surface area contributed by atoms with Gasteiger partial charge in [0.05, 0.1) is 36.4 Å². The molecule has 1 aromatic carbocycles. The van der Waals surface area contributed by atoms with Gasteiger partial charge in [0.15, 0.2) is 11.6 Å². The Balaban J connectivity index is 1.63. The number of hydrogen-bond acceptors (Lipinski definition) is 7.